The van der Waals surface area contributed by atoms with Crippen LogP contribution in [-0.2, 0) is 16.1 Å². The molecule has 1 heterocycles. The number of halogens is 3. The highest BCUT2D eigenvalue weighted by molar-refractivity contribution is 6.30. The van der Waals surface area contributed by atoms with Gasteiger partial charge in [0.15, 0.2) is 0 Å². The molecule has 3 rings (SSSR count). The Morgan fingerprint density at radius 1 is 1.23 bits per heavy atom. The van der Waals surface area contributed by atoms with Crippen LogP contribution in [0.4, 0.5) is 14.5 Å². The van der Waals surface area contributed by atoms with Gasteiger partial charge in [0, 0.05) is 30.2 Å². The number of hydrogen-bond donors (Lipinski definition) is 2. The molecule has 0 aromatic heterocycles. The number of anilines is 1. The summed E-state index contributed by atoms with van der Waals surface area (Å²) in [5.74, 6) is -2.83. The number of rotatable bonds is 4. The summed E-state index contributed by atoms with van der Waals surface area (Å²) in [6.07, 6.45) is -0.141. The highest BCUT2D eigenvalue weighted by atomic mass is 35.5. The molecule has 0 bridgehead atoms. The maximum absolute atomic E-state index is 13.4. The minimum absolute atomic E-state index is 0.0675. The van der Waals surface area contributed by atoms with Gasteiger partial charge in [-0.3, -0.25) is 9.59 Å². The summed E-state index contributed by atoms with van der Waals surface area (Å²) >= 11 is 5.75. The van der Waals surface area contributed by atoms with Crippen molar-refractivity contribution in [2.75, 3.05) is 11.4 Å². The molecule has 1 aliphatic rings. The second-order valence-electron chi connectivity index (χ2n) is 6.01. The van der Waals surface area contributed by atoms with E-state index in [0.29, 0.717) is 5.56 Å². The second kappa shape index (κ2) is 7.01. The highest BCUT2D eigenvalue weighted by Gasteiger charge is 2.51. The molecule has 0 radical (unpaired) electrons. The van der Waals surface area contributed by atoms with Crippen LogP contribution in [0.5, 0.6) is 0 Å². The Morgan fingerprint density at radius 2 is 2.00 bits per heavy atom. The van der Waals surface area contributed by atoms with Gasteiger partial charge in [-0.15, -0.1) is 0 Å². The quantitative estimate of drug-likeness (QED) is 0.800. The first kappa shape index (κ1) is 18.3. The molecule has 136 valence electrons. The lowest BCUT2D eigenvalue weighted by molar-refractivity contribution is -0.149. The molecular formula is C18H15ClF2N2O3. The zero-order chi connectivity index (χ0) is 18.9. The number of benzene rings is 2. The molecule has 1 atom stereocenters. The van der Waals surface area contributed by atoms with Crippen LogP contribution in [0.2, 0.25) is 5.02 Å². The van der Waals surface area contributed by atoms with E-state index in [-0.39, 0.29) is 30.2 Å². The van der Waals surface area contributed by atoms with Gasteiger partial charge in [0.25, 0.3) is 11.8 Å². The average molecular weight is 381 g/mol. The van der Waals surface area contributed by atoms with E-state index >= 15 is 0 Å². The van der Waals surface area contributed by atoms with E-state index in [9.17, 15) is 23.5 Å². The molecule has 0 spiro atoms. The van der Waals surface area contributed by atoms with Gasteiger partial charge in [0.2, 0.25) is 5.60 Å². The van der Waals surface area contributed by atoms with Crippen LogP contribution in [0.15, 0.2) is 42.5 Å². The average Bonchev–Trinajstić information content (AvgIpc) is 2.88. The molecule has 1 aliphatic heterocycles. The van der Waals surface area contributed by atoms with Gasteiger partial charge in [-0.25, -0.2) is 8.78 Å². The lowest BCUT2D eigenvalue weighted by atomic mass is 10.0. The Balaban J connectivity index is 1.71. The molecule has 2 N–H and O–H groups in total. The minimum Gasteiger partial charge on any atom is -0.372 e. The molecule has 1 saturated heterocycles. The molecule has 1 fully saturated rings. The Hall–Kier alpha value is -2.51. The third-order valence-electron chi connectivity index (χ3n) is 4.17. The molecule has 8 heteroatoms. The largest absolute Gasteiger partial charge is 0.372 e. The number of hydrogen-bond acceptors (Lipinski definition) is 3. The molecule has 5 nitrogen and oxygen atoms in total. The van der Waals surface area contributed by atoms with Gasteiger partial charge < -0.3 is 15.3 Å². The number of carbonyl (C=O) groups excluding carboxylic acids is 2. The van der Waals surface area contributed by atoms with Crippen molar-refractivity contribution in [3.05, 3.63) is 64.7 Å². The maximum atomic E-state index is 13.4. The number of nitrogens with zero attached hydrogens (tertiary/aromatic N) is 1. The van der Waals surface area contributed by atoms with E-state index in [0.717, 1.165) is 17.0 Å². The van der Waals surface area contributed by atoms with Crippen LogP contribution in [0, 0.1) is 11.6 Å². The second-order valence-corrected chi connectivity index (χ2v) is 6.44. The first-order valence-electron chi connectivity index (χ1n) is 7.83. The molecule has 0 saturated carbocycles. The SMILES string of the molecule is O=C(NCc1cc(F)cc(Cl)c1)C1(O)CCN(c2cccc(F)c2)C1=O. The van der Waals surface area contributed by atoms with Crippen molar-refractivity contribution in [1.82, 2.24) is 5.32 Å². The summed E-state index contributed by atoms with van der Waals surface area (Å²) in [4.78, 5) is 26.0. The van der Waals surface area contributed by atoms with E-state index in [2.05, 4.69) is 5.32 Å². The number of amides is 2. The fraction of sp³-hybridized carbons (Fsp3) is 0.222. The fourth-order valence-electron chi connectivity index (χ4n) is 2.85. The molecular weight excluding hydrogens is 366 g/mol. The monoisotopic (exact) mass is 380 g/mol. The summed E-state index contributed by atoms with van der Waals surface area (Å²) in [5, 5.41) is 13.1. The summed E-state index contributed by atoms with van der Waals surface area (Å²) in [7, 11) is 0. The molecule has 26 heavy (non-hydrogen) atoms. The van der Waals surface area contributed by atoms with Gasteiger partial charge in [-0.1, -0.05) is 17.7 Å². The predicted octanol–water partition coefficient (Wildman–Crippen LogP) is 2.40. The summed E-state index contributed by atoms with van der Waals surface area (Å²) in [6, 6.07) is 9.10. The minimum atomic E-state index is -2.26. The Labute approximate surface area is 153 Å². The zero-order valence-electron chi connectivity index (χ0n) is 13.5. The standard InChI is InChI=1S/C18H15ClF2N2O3/c19-12-6-11(7-14(21)8-12)10-22-16(24)18(26)4-5-23(17(18)25)15-3-1-2-13(20)9-15/h1-3,6-9,26H,4-5,10H2,(H,22,24). The lowest BCUT2D eigenvalue weighted by Crippen LogP contribution is -2.52. The van der Waals surface area contributed by atoms with Crippen LogP contribution in [0.3, 0.4) is 0 Å². The van der Waals surface area contributed by atoms with E-state index in [4.69, 9.17) is 11.6 Å². The first-order valence-corrected chi connectivity index (χ1v) is 8.20. The van der Waals surface area contributed by atoms with E-state index in [1.807, 2.05) is 0 Å². The maximum Gasteiger partial charge on any atom is 0.268 e. The first-order chi connectivity index (χ1) is 12.3. The summed E-state index contributed by atoms with van der Waals surface area (Å²) < 4.78 is 26.7. The third kappa shape index (κ3) is 3.54. The number of nitrogens with one attached hydrogen (secondary N) is 1. The Bertz CT molecular complexity index is 857. The van der Waals surface area contributed by atoms with Gasteiger partial charge in [0.05, 0.1) is 0 Å². The van der Waals surface area contributed by atoms with Gasteiger partial charge in [-0.05, 0) is 42.0 Å². The highest BCUT2D eigenvalue weighted by Crippen LogP contribution is 2.29. The van der Waals surface area contributed by atoms with Crippen molar-refractivity contribution in [3.63, 3.8) is 0 Å². The van der Waals surface area contributed by atoms with Crippen LogP contribution < -0.4 is 10.2 Å². The normalized spacial score (nSPS) is 19.7. The van der Waals surface area contributed by atoms with Crippen LogP contribution in [0.25, 0.3) is 0 Å². The lowest BCUT2D eigenvalue weighted by Gasteiger charge is -2.22. The van der Waals surface area contributed by atoms with Crippen LogP contribution >= 0.6 is 11.6 Å². The van der Waals surface area contributed by atoms with Crippen molar-refractivity contribution in [1.29, 1.82) is 0 Å². The van der Waals surface area contributed by atoms with Crippen molar-refractivity contribution in [2.24, 2.45) is 0 Å². The zero-order valence-corrected chi connectivity index (χ0v) is 14.3. The van der Waals surface area contributed by atoms with Crippen molar-refractivity contribution in [2.45, 2.75) is 18.6 Å². The topological polar surface area (TPSA) is 69.6 Å². The Morgan fingerprint density at radius 3 is 2.69 bits per heavy atom. The van der Waals surface area contributed by atoms with Crippen LogP contribution in [-0.4, -0.2) is 29.1 Å². The summed E-state index contributed by atoms with van der Waals surface area (Å²) in [6.45, 7) is -0.0378. The van der Waals surface area contributed by atoms with E-state index in [1.165, 1.54) is 30.3 Å². The van der Waals surface area contributed by atoms with Gasteiger partial charge >= 0.3 is 0 Å². The molecule has 2 aromatic rings. The molecule has 2 aromatic carbocycles. The van der Waals surface area contributed by atoms with Gasteiger partial charge in [0.1, 0.15) is 11.6 Å². The number of carbonyl (C=O) groups is 2. The number of aliphatic hydroxyl groups is 1. The predicted molar refractivity (Wildman–Crippen MR) is 91.6 cm³/mol. The van der Waals surface area contributed by atoms with Gasteiger partial charge in [-0.2, -0.15) is 0 Å². The molecule has 1 unspecified atom stereocenters. The van der Waals surface area contributed by atoms with Crippen molar-refractivity contribution >= 4 is 29.1 Å². The smallest absolute Gasteiger partial charge is 0.268 e. The van der Waals surface area contributed by atoms with Crippen molar-refractivity contribution < 1.29 is 23.5 Å². The summed E-state index contributed by atoms with van der Waals surface area (Å²) in [5.41, 5.74) is -1.61. The van der Waals surface area contributed by atoms with E-state index < -0.39 is 29.0 Å². The Kier molecular flexibility index (Phi) is 4.93. The fourth-order valence-corrected chi connectivity index (χ4v) is 3.09. The molecule has 0 aliphatic carbocycles. The third-order valence-corrected chi connectivity index (χ3v) is 4.39. The van der Waals surface area contributed by atoms with Crippen LogP contribution in [0.1, 0.15) is 12.0 Å². The van der Waals surface area contributed by atoms with Crippen molar-refractivity contribution in [3.8, 4) is 0 Å². The molecule has 2 amide bonds. The van der Waals surface area contributed by atoms with E-state index in [1.54, 1.807) is 0 Å².